The molecule has 1 aliphatic rings. The highest BCUT2D eigenvalue weighted by atomic mass is 32.1. The van der Waals surface area contributed by atoms with Gasteiger partial charge in [-0.15, -0.1) is 0 Å². The Bertz CT molecular complexity index is 683. The summed E-state index contributed by atoms with van der Waals surface area (Å²) in [6, 6.07) is 8.14. The SMILES string of the molecule is CCc1nc(N2CCN(C)c3ccccc32)sc1C(=O)O. The van der Waals surface area contributed by atoms with Gasteiger partial charge in [0.15, 0.2) is 5.13 Å². The van der Waals surface area contributed by atoms with Gasteiger partial charge in [-0.1, -0.05) is 30.4 Å². The van der Waals surface area contributed by atoms with E-state index in [4.69, 9.17) is 0 Å². The van der Waals surface area contributed by atoms with Gasteiger partial charge in [0.2, 0.25) is 0 Å². The van der Waals surface area contributed by atoms with Crippen molar-refractivity contribution in [2.45, 2.75) is 13.3 Å². The average Bonchev–Trinajstić information content (AvgIpc) is 2.92. The van der Waals surface area contributed by atoms with E-state index in [1.807, 2.05) is 19.1 Å². The Morgan fingerprint density at radius 3 is 2.67 bits per heavy atom. The van der Waals surface area contributed by atoms with E-state index in [2.05, 4.69) is 34.0 Å². The largest absolute Gasteiger partial charge is 0.477 e. The fraction of sp³-hybridized carbons (Fsp3) is 0.333. The van der Waals surface area contributed by atoms with Crippen LogP contribution in [0.2, 0.25) is 0 Å². The van der Waals surface area contributed by atoms with Gasteiger partial charge in [-0.25, -0.2) is 9.78 Å². The molecule has 5 nitrogen and oxygen atoms in total. The number of aromatic nitrogens is 1. The molecule has 0 bridgehead atoms. The van der Waals surface area contributed by atoms with Crippen molar-refractivity contribution in [2.24, 2.45) is 0 Å². The fourth-order valence-corrected chi connectivity index (χ4v) is 3.60. The second-order valence-corrected chi connectivity index (χ2v) is 5.97. The van der Waals surface area contributed by atoms with Crippen LogP contribution in [0.5, 0.6) is 0 Å². The minimum Gasteiger partial charge on any atom is -0.477 e. The molecule has 6 heteroatoms. The fourth-order valence-electron chi connectivity index (χ4n) is 2.57. The van der Waals surface area contributed by atoms with Crippen LogP contribution in [0.3, 0.4) is 0 Å². The number of aromatic carboxylic acids is 1. The standard InChI is InChI=1S/C15H17N3O2S/c1-3-10-13(14(19)20)21-15(16-10)18-9-8-17(2)11-6-4-5-7-12(11)18/h4-7H,3,8-9H2,1-2H3,(H,19,20). The van der Waals surface area contributed by atoms with E-state index < -0.39 is 5.97 Å². The number of carboxylic acids is 1. The number of carboxylic acid groups (broad SMARTS) is 1. The van der Waals surface area contributed by atoms with Crippen LogP contribution in [0, 0.1) is 0 Å². The predicted octanol–water partition coefficient (Wildman–Crippen LogP) is 2.99. The average molecular weight is 303 g/mol. The molecule has 0 spiro atoms. The molecule has 0 amide bonds. The summed E-state index contributed by atoms with van der Waals surface area (Å²) in [4.78, 5) is 20.5. The summed E-state index contributed by atoms with van der Waals surface area (Å²) in [5.74, 6) is -0.891. The van der Waals surface area contributed by atoms with E-state index in [0.29, 0.717) is 17.0 Å². The first-order chi connectivity index (χ1) is 10.1. The first-order valence-corrected chi connectivity index (χ1v) is 7.74. The quantitative estimate of drug-likeness (QED) is 0.944. The Morgan fingerprint density at radius 1 is 1.33 bits per heavy atom. The Kier molecular flexibility index (Phi) is 3.55. The maximum absolute atomic E-state index is 11.3. The molecule has 1 aromatic carbocycles. The zero-order valence-electron chi connectivity index (χ0n) is 12.0. The monoisotopic (exact) mass is 303 g/mol. The highest BCUT2D eigenvalue weighted by Gasteiger charge is 2.25. The van der Waals surface area contributed by atoms with Crippen LogP contribution in [-0.4, -0.2) is 36.2 Å². The highest BCUT2D eigenvalue weighted by Crippen LogP contribution is 2.39. The van der Waals surface area contributed by atoms with Gasteiger partial charge in [0, 0.05) is 20.1 Å². The smallest absolute Gasteiger partial charge is 0.347 e. The molecule has 2 heterocycles. The molecule has 0 atom stereocenters. The Hall–Kier alpha value is -2.08. The van der Waals surface area contributed by atoms with Gasteiger partial charge in [-0.2, -0.15) is 0 Å². The summed E-state index contributed by atoms with van der Waals surface area (Å²) in [7, 11) is 2.07. The number of para-hydroxylation sites is 2. The topological polar surface area (TPSA) is 56.7 Å². The molecule has 21 heavy (non-hydrogen) atoms. The summed E-state index contributed by atoms with van der Waals surface area (Å²) < 4.78 is 0. The number of aryl methyl sites for hydroxylation is 1. The molecule has 1 N–H and O–H groups in total. The van der Waals surface area contributed by atoms with Gasteiger partial charge in [-0.3, -0.25) is 0 Å². The number of benzene rings is 1. The summed E-state index contributed by atoms with van der Waals surface area (Å²) in [6.45, 7) is 3.63. The Labute approximate surface area is 127 Å². The first kappa shape index (κ1) is 13.9. The Balaban J connectivity index is 2.06. The Morgan fingerprint density at radius 2 is 2.05 bits per heavy atom. The zero-order chi connectivity index (χ0) is 15.0. The van der Waals surface area contributed by atoms with Gasteiger partial charge in [-0.05, 0) is 18.6 Å². The number of hydrogen-bond donors (Lipinski definition) is 1. The van der Waals surface area contributed by atoms with Crippen LogP contribution in [-0.2, 0) is 6.42 Å². The molecule has 0 saturated heterocycles. The van der Waals surface area contributed by atoms with Crippen LogP contribution in [0.15, 0.2) is 24.3 Å². The van der Waals surface area contributed by atoms with Crippen molar-refractivity contribution in [2.75, 3.05) is 29.9 Å². The maximum Gasteiger partial charge on any atom is 0.347 e. The van der Waals surface area contributed by atoms with Gasteiger partial charge in [0.05, 0.1) is 17.1 Å². The second-order valence-electron chi connectivity index (χ2n) is 4.99. The van der Waals surface area contributed by atoms with E-state index in [1.54, 1.807) is 0 Å². The van der Waals surface area contributed by atoms with Crippen LogP contribution in [0.4, 0.5) is 16.5 Å². The van der Waals surface area contributed by atoms with Crippen molar-refractivity contribution < 1.29 is 9.90 Å². The van der Waals surface area contributed by atoms with E-state index in [0.717, 1.165) is 29.6 Å². The van der Waals surface area contributed by atoms with E-state index in [9.17, 15) is 9.90 Å². The molecule has 2 aromatic rings. The van der Waals surface area contributed by atoms with Gasteiger partial charge >= 0.3 is 5.97 Å². The van der Waals surface area contributed by atoms with Crippen LogP contribution >= 0.6 is 11.3 Å². The normalized spacial score (nSPS) is 14.2. The van der Waals surface area contributed by atoms with E-state index in [1.165, 1.54) is 11.3 Å². The van der Waals surface area contributed by atoms with Crippen molar-refractivity contribution in [1.29, 1.82) is 0 Å². The van der Waals surface area contributed by atoms with Crippen LogP contribution < -0.4 is 9.80 Å². The summed E-state index contributed by atoms with van der Waals surface area (Å²) >= 11 is 1.26. The lowest BCUT2D eigenvalue weighted by molar-refractivity contribution is 0.0701. The predicted molar refractivity (Wildman–Crippen MR) is 85.2 cm³/mol. The lowest BCUT2D eigenvalue weighted by Gasteiger charge is -2.35. The molecule has 110 valence electrons. The van der Waals surface area contributed by atoms with Crippen molar-refractivity contribution in [3.8, 4) is 0 Å². The third-order valence-electron chi connectivity index (χ3n) is 3.69. The molecule has 3 rings (SSSR count). The number of thiazole rings is 1. The molecular formula is C15H17N3O2S. The van der Waals surface area contributed by atoms with Crippen LogP contribution in [0.25, 0.3) is 0 Å². The lowest BCUT2D eigenvalue weighted by Crippen LogP contribution is -2.36. The summed E-state index contributed by atoms with van der Waals surface area (Å²) in [5.41, 5.74) is 2.90. The molecular weight excluding hydrogens is 286 g/mol. The minimum absolute atomic E-state index is 0.351. The molecule has 0 saturated carbocycles. The summed E-state index contributed by atoms with van der Waals surface area (Å²) in [6.07, 6.45) is 0.632. The lowest BCUT2D eigenvalue weighted by atomic mass is 10.2. The third kappa shape index (κ3) is 2.35. The van der Waals surface area contributed by atoms with Crippen molar-refractivity contribution in [3.05, 3.63) is 34.8 Å². The number of likely N-dealkylation sites (N-methyl/N-ethyl adjacent to an activating group) is 1. The zero-order valence-corrected chi connectivity index (χ0v) is 12.9. The molecule has 0 radical (unpaired) electrons. The molecule has 0 aliphatic carbocycles. The molecule has 0 unspecified atom stereocenters. The number of hydrogen-bond acceptors (Lipinski definition) is 5. The van der Waals surface area contributed by atoms with Gasteiger partial charge < -0.3 is 14.9 Å². The minimum atomic E-state index is -0.891. The summed E-state index contributed by atoms with van der Waals surface area (Å²) in [5, 5.41) is 10.1. The number of rotatable bonds is 3. The first-order valence-electron chi connectivity index (χ1n) is 6.92. The number of fused-ring (bicyclic) bond motifs is 1. The van der Waals surface area contributed by atoms with Gasteiger partial charge in [0.25, 0.3) is 0 Å². The van der Waals surface area contributed by atoms with Crippen molar-refractivity contribution >= 4 is 33.8 Å². The highest BCUT2D eigenvalue weighted by molar-refractivity contribution is 7.17. The number of carbonyl (C=O) groups is 1. The molecule has 0 fully saturated rings. The number of nitrogens with zero attached hydrogens (tertiary/aromatic N) is 3. The molecule has 1 aromatic heterocycles. The van der Waals surface area contributed by atoms with Crippen LogP contribution in [0.1, 0.15) is 22.3 Å². The van der Waals surface area contributed by atoms with E-state index >= 15 is 0 Å². The maximum atomic E-state index is 11.3. The van der Waals surface area contributed by atoms with Gasteiger partial charge in [0.1, 0.15) is 4.88 Å². The van der Waals surface area contributed by atoms with Crippen molar-refractivity contribution in [1.82, 2.24) is 4.98 Å². The second kappa shape index (κ2) is 5.37. The van der Waals surface area contributed by atoms with E-state index in [-0.39, 0.29) is 0 Å². The number of anilines is 3. The third-order valence-corrected chi connectivity index (χ3v) is 4.80. The van der Waals surface area contributed by atoms with Crippen molar-refractivity contribution in [3.63, 3.8) is 0 Å². The molecule has 1 aliphatic heterocycles.